The first-order valence-corrected chi connectivity index (χ1v) is 7.07. The molecule has 1 saturated carbocycles. The van der Waals surface area contributed by atoms with Crippen molar-refractivity contribution < 1.29 is 14.2 Å². The van der Waals surface area contributed by atoms with E-state index in [1.807, 2.05) is 12.1 Å². The van der Waals surface area contributed by atoms with Gasteiger partial charge in [-0.15, -0.1) is 0 Å². The summed E-state index contributed by atoms with van der Waals surface area (Å²) in [6, 6.07) is 3.92. The Labute approximate surface area is 115 Å². The Bertz CT molecular complexity index is 364. The highest BCUT2D eigenvalue weighted by atomic mass is 16.5. The first-order chi connectivity index (χ1) is 9.38. The Kier molecular flexibility index (Phi) is 6.11. The fourth-order valence-electron chi connectivity index (χ4n) is 2.29. The minimum atomic E-state index is 0.430. The number of rotatable bonds is 7. The van der Waals surface area contributed by atoms with Gasteiger partial charge < -0.3 is 14.2 Å². The fraction of sp³-hybridized carbons (Fsp3) is 0.667. The average molecular weight is 265 g/mol. The van der Waals surface area contributed by atoms with Crippen LogP contribution in [0.15, 0.2) is 18.3 Å². The van der Waals surface area contributed by atoms with E-state index in [0.717, 1.165) is 5.56 Å². The number of methoxy groups -OCH3 is 1. The van der Waals surface area contributed by atoms with Gasteiger partial charge in [0.05, 0.1) is 19.3 Å². The number of pyridine rings is 1. The van der Waals surface area contributed by atoms with E-state index >= 15 is 0 Å². The lowest BCUT2D eigenvalue weighted by molar-refractivity contribution is 0.0167. The Hall–Kier alpha value is -1.13. The van der Waals surface area contributed by atoms with Crippen LogP contribution in [0.1, 0.15) is 37.7 Å². The van der Waals surface area contributed by atoms with Crippen LogP contribution in [0.5, 0.6) is 5.88 Å². The molecule has 1 heterocycles. The molecule has 1 fully saturated rings. The highest BCUT2D eigenvalue weighted by Crippen LogP contribution is 2.21. The van der Waals surface area contributed by atoms with Gasteiger partial charge in [0.1, 0.15) is 6.61 Å². The van der Waals surface area contributed by atoms with Crippen LogP contribution < -0.4 is 4.74 Å². The molecule has 1 aromatic rings. The fourth-order valence-corrected chi connectivity index (χ4v) is 2.29. The third kappa shape index (κ3) is 5.17. The SMILES string of the molecule is COCCOc1cc(COC2CCCCC2)ccn1. The Morgan fingerprint density at radius 2 is 2.05 bits per heavy atom. The van der Waals surface area contributed by atoms with Gasteiger partial charge in [-0.25, -0.2) is 4.98 Å². The first kappa shape index (κ1) is 14.3. The summed E-state index contributed by atoms with van der Waals surface area (Å²) in [6.07, 6.45) is 8.54. The van der Waals surface area contributed by atoms with Gasteiger partial charge in [-0.05, 0) is 24.5 Å². The lowest BCUT2D eigenvalue weighted by Crippen LogP contribution is -2.16. The van der Waals surface area contributed by atoms with Gasteiger partial charge in [-0.1, -0.05) is 19.3 Å². The highest BCUT2D eigenvalue weighted by Gasteiger charge is 2.13. The third-order valence-corrected chi connectivity index (χ3v) is 3.37. The van der Waals surface area contributed by atoms with Gasteiger partial charge >= 0.3 is 0 Å². The standard InChI is InChI=1S/C15H23NO3/c1-17-9-10-18-15-11-13(7-8-16-15)12-19-14-5-3-2-4-6-14/h7-8,11,14H,2-6,9-10,12H2,1H3. The molecule has 0 amide bonds. The lowest BCUT2D eigenvalue weighted by atomic mass is 9.98. The van der Waals surface area contributed by atoms with Gasteiger partial charge in [0.15, 0.2) is 0 Å². The van der Waals surface area contributed by atoms with E-state index < -0.39 is 0 Å². The molecule has 4 nitrogen and oxygen atoms in total. The summed E-state index contributed by atoms with van der Waals surface area (Å²) in [5.74, 6) is 0.641. The average Bonchev–Trinajstić information content (AvgIpc) is 2.47. The molecule has 19 heavy (non-hydrogen) atoms. The molecule has 0 aromatic carbocycles. The van der Waals surface area contributed by atoms with E-state index in [4.69, 9.17) is 14.2 Å². The molecule has 0 unspecified atom stereocenters. The van der Waals surface area contributed by atoms with E-state index in [1.54, 1.807) is 13.3 Å². The highest BCUT2D eigenvalue weighted by molar-refractivity contribution is 5.19. The summed E-state index contributed by atoms with van der Waals surface area (Å²) in [7, 11) is 1.66. The quantitative estimate of drug-likeness (QED) is 0.711. The Morgan fingerprint density at radius 1 is 1.21 bits per heavy atom. The van der Waals surface area contributed by atoms with Crippen molar-refractivity contribution in [2.75, 3.05) is 20.3 Å². The lowest BCUT2D eigenvalue weighted by Gasteiger charge is -2.22. The largest absolute Gasteiger partial charge is 0.475 e. The molecule has 0 N–H and O–H groups in total. The van der Waals surface area contributed by atoms with Crippen molar-refractivity contribution in [2.45, 2.75) is 44.8 Å². The molecular formula is C15H23NO3. The smallest absolute Gasteiger partial charge is 0.213 e. The monoisotopic (exact) mass is 265 g/mol. The van der Waals surface area contributed by atoms with Crippen molar-refractivity contribution in [3.05, 3.63) is 23.9 Å². The number of hydrogen-bond donors (Lipinski definition) is 0. The maximum Gasteiger partial charge on any atom is 0.213 e. The molecule has 0 saturated heterocycles. The molecule has 2 rings (SSSR count). The third-order valence-electron chi connectivity index (χ3n) is 3.37. The Morgan fingerprint density at radius 3 is 2.84 bits per heavy atom. The van der Waals surface area contributed by atoms with Crippen LogP contribution in [0.3, 0.4) is 0 Å². The van der Waals surface area contributed by atoms with Crippen LogP contribution >= 0.6 is 0 Å². The second-order valence-corrected chi connectivity index (χ2v) is 4.91. The van der Waals surface area contributed by atoms with Crippen molar-refractivity contribution in [1.29, 1.82) is 0 Å². The molecule has 0 radical (unpaired) electrons. The van der Waals surface area contributed by atoms with Crippen LogP contribution in [0, 0.1) is 0 Å². The predicted molar refractivity (Wildman–Crippen MR) is 73.3 cm³/mol. The van der Waals surface area contributed by atoms with Gasteiger partial charge in [0, 0.05) is 19.4 Å². The van der Waals surface area contributed by atoms with E-state index in [1.165, 1.54) is 32.1 Å². The van der Waals surface area contributed by atoms with Gasteiger partial charge in [-0.2, -0.15) is 0 Å². The summed E-state index contributed by atoms with van der Waals surface area (Å²) < 4.78 is 16.4. The van der Waals surface area contributed by atoms with Crippen molar-refractivity contribution in [2.24, 2.45) is 0 Å². The Balaban J connectivity index is 1.77. The molecular weight excluding hydrogens is 242 g/mol. The molecule has 1 aliphatic carbocycles. The van der Waals surface area contributed by atoms with Gasteiger partial charge in [0.2, 0.25) is 5.88 Å². The molecule has 106 valence electrons. The zero-order valence-corrected chi connectivity index (χ0v) is 11.6. The number of aromatic nitrogens is 1. The van der Waals surface area contributed by atoms with Crippen molar-refractivity contribution >= 4 is 0 Å². The number of ether oxygens (including phenoxy) is 3. The van der Waals surface area contributed by atoms with Crippen LogP contribution in [0.2, 0.25) is 0 Å². The number of nitrogens with zero attached hydrogens (tertiary/aromatic N) is 1. The van der Waals surface area contributed by atoms with Crippen molar-refractivity contribution in [3.63, 3.8) is 0 Å². The second-order valence-electron chi connectivity index (χ2n) is 4.91. The molecule has 1 aliphatic rings. The normalized spacial score (nSPS) is 16.5. The molecule has 1 aromatic heterocycles. The van der Waals surface area contributed by atoms with E-state index in [2.05, 4.69) is 4.98 Å². The second kappa shape index (κ2) is 8.12. The van der Waals surface area contributed by atoms with Crippen LogP contribution in [-0.2, 0) is 16.1 Å². The van der Waals surface area contributed by atoms with E-state index in [9.17, 15) is 0 Å². The maximum absolute atomic E-state index is 5.94. The van der Waals surface area contributed by atoms with Gasteiger partial charge in [0.25, 0.3) is 0 Å². The minimum Gasteiger partial charge on any atom is -0.475 e. The van der Waals surface area contributed by atoms with E-state index in [-0.39, 0.29) is 0 Å². The molecule has 4 heteroatoms. The molecule has 0 aliphatic heterocycles. The number of hydrogen-bond acceptors (Lipinski definition) is 4. The van der Waals surface area contributed by atoms with Crippen LogP contribution in [0.25, 0.3) is 0 Å². The van der Waals surface area contributed by atoms with Crippen LogP contribution in [-0.4, -0.2) is 31.4 Å². The van der Waals surface area contributed by atoms with Crippen LogP contribution in [0.4, 0.5) is 0 Å². The molecule has 0 bridgehead atoms. The molecule has 0 atom stereocenters. The molecule has 0 spiro atoms. The first-order valence-electron chi connectivity index (χ1n) is 7.07. The summed E-state index contributed by atoms with van der Waals surface area (Å²) >= 11 is 0. The summed E-state index contributed by atoms with van der Waals surface area (Å²) in [4.78, 5) is 4.17. The zero-order chi connectivity index (χ0) is 13.3. The predicted octanol–water partition coefficient (Wildman–Crippen LogP) is 2.96. The summed E-state index contributed by atoms with van der Waals surface area (Å²) in [5.41, 5.74) is 1.12. The topological polar surface area (TPSA) is 40.6 Å². The maximum atomic E-state index is 5.94. The minimum absolute atomic E-state index is 0.430. The van der Waals surface area contributed by atoms with Crippen molar-refractivity contribution in [1.82, 2.24) is 4.98 Å². The summed E-state index contributed by atoms with van der Waals surface area (Å²) in [5, 5.41) is 0. The van der Waals surface area contributed by atoms with E-state index in [0.29, 0.717) is 31.8 Å². The zero-order valence-electron chi connectivity index (χ0n) is 11.6. The summed E-state index contributed by atoms with van der Waals surface area (Å²) in [6.45, 7) is 1.74. The van der Waals surface area contributed by atoms with Crippen molar-refractivity contribution in [3.8, 4) is 5.88 Å². The van der Waals surface area contributed by atoms with Gasteiger partial charge in [-0.3, -0.25) is 0 Å².